The molecule has 0 radical (unpaired) electrons. The lowest BCUT2D eigenvalue weighted by molar-refractivity contribution is -0.143. The van der Waals surface area contributed by atoms with Gasteiger partial charge in [-0.05, 0) is 25.1 Å². The summed E-state index contributed by atoms with van der Waals surface area (Å²) in [6.07, 6.45) is 0.418. The maximum absolute atomic E-state index is 13.8. The van der Waals surface area contributed by atoms with E-state index in [0.717, 1.165) is 0 Å². The van der Waals surface area contributed by atoms with Gasteiger partial charge in [-0.1, -0.05) is 22.0 Å². The number of carboxylic acids is 1. The van der Waals surface area contributed by atoms with Crippen LogP contribution in [0.25, 0.3) is 0 Å². The molecule has 1 unspecified atom stereocenters. The van der Waals surface area contributed by atoms with Crippen LogP contribution < -0.4 is 5.32 Å². The van der Waals surface area contributed by atoms with Crippen molar-refractivity contribution in [2.24, 2.45) is 0 Å². The molecule has 0 amide bonds. The van der Waals surface area contributed by atoms with Crippen LogP contribution in [-0.4, -0.2) is 24.2 Å². The van der Waals surface area contributed by atoms with Crippen molar-refractivity contribution in [3.8, 4) is 0 Å². The normalized spacial score (nSPS) is 24.6. The molecule has 1 aromatic rings. The summed E-state index contributed by atoms with van der Waals surface area (Å²) in [7, 11) is 0. The molecule has 0 bridgehead atoms. The Kier molecular flexibility index (Phi) is 2.99. The largest absolute Gasteiger partial charge is 0.481 e. The fourth-order valence-corrected chi connectivity index (χ4v) is 2.43. The van der Waals surface area contributed by atoms with Gasteiger partial charge in [-0.3, -0.25) is 4.79 Å². The van der Waals surface area contributed by atoms with Gasteiger partial charge in [0.15, 0.2) is 0 Å². The van der Waals surface area contributed by atoms with E-state index in [4.69, 9.17) is 0 Å². The molecule has 2 N–H and O–H groups in total. The summed E-state index contributed by atoms with van der Waals surface area (Å²) in [6, 6.07) is 4.51. The van der Waals surface area contributed by atoms with Crippen LogP contribution in [0.2, 0.25) is 0 Å². The molecule has 1 atom stereocenters. The molecule has 2 rings (SSSR count). The molecule has 1 aromatic carbocycles. The zero-order valence-electron chi connectivity index (χ0n) is 8.46. The monoisotopic (exact) mass is 287 g/mol. The van der Waals surface area contributed by atoms with Crippen LogP contribution in [0.5, 0.6) is 0 Å². The fourth-order valence-electron chi connectivity index (χ4n) is 2.10. The zero-order chi connectivity index (χ0) is 11.8. The van der Waals surface area contributed by atoms with Crippen molar-refractivity contribution < 1.29 is 14.3 Å². The minimum absolute atomic E-state index is 0.258. The Bertz CT molecular complexity index is 430. The summed E-state index contributed by atoms with van der Waals surface area (Å²) < 4.78 is 14.4. The van der Waals surface area contributed by atoms with E-state index in [9.17, 15) is 14.3 Å². The molecule has 1 aliphatic rings. The van der Waals surface area contributed by atoms with Gasteiger partial charge in [-0.15, -0.1) is 0 Å². The van der Waals surface area contributed by atoms with Crippen molar-refractivity contribution in [2.45, 2.75) is 11.8 Å². The van der Waals surface area contributed by atoms with Crippen LogP contribution >= 0.6 is 15.9 Å². The molecule has 16 heavy (non-hydrogen) atoms. The van der Waals surface area contributed by atoms with Crippen LogP contribution in [0.4, 0.5) is 4.39 Å². The Balaban J connectivity index is 2.51. The Labute approximate surface area is 101 Å². The Hall–Kier alpha value is -0.940. The maximum Gasteiger partial charge on any atom is 0.315 e. The lowest BCUT2D eigenvalue weighted by atomic mass is 9.79. The van der Waals surface area contributed by atoms with Crippen molar-refractivity contribution in [3.63, 3.8) is 0 Å². The van der Waals surface area contributed by atoms with Gasteiger partial charge >= 0.3 is 5.97 Å². The second kappa shape index (κ2) is 4.14. The van der Waals surface area contributed by atoms with Crippen LogP contribution in [0.15, 0.2) is 22.7 Å². The second-order valence-electron chi connectivity index (χ2n) is 3.94. The minimum atomic E-state index is -1.12. The molecule has 0 aliphatic carbocycles. The minimum Gasteiger partial charge on any atom is -0.481 e. The van der Waals surface area contributed by atoms with E-state index >= 15 is 0 Å². The summed E-state index contributed by atoms with van der Waals surface area (Å²) in [6.45, 7) is 0.878. The van der Waals surface area contributed by atoms with Crippen LogP contribution in [0.3, 0.4) is 0 Å². The topological polar surface area (TPSA) is 49.3 Å². The third-order valence-corrected chi connectivity index (χ3v) is 3.50. The number of hydrogen-bond donors (Lipinski definition) is 2. The molecule has 0 saturated carbocycles. The summed E-state index contributed by atoms with van der Waals surface area (Å²) in [5, 5.41) is 12.3. The first-order valence-electron chi connectivity index (χ1n) is 4.96. The van der Waals surface area contributed by atoms with Crippen molar-refractivity contribution in [3.05, 3.63) is 34.1 Å². The number of benzene rings is 1. The smallest absolute Gasteiger partial charge is 0.315 e. The summed E-state index contributed by atoms with van der Waals surface area (Å²) in [5.41, 5.74) is -0.863. The molecule has 5 heteroatoms. The lowest BCUT2D eigenvalue weighted by Gasteiger charge is -2.24. The summed E-state index contributed by atoms with van der Waals surface area (Å²) in [5.74, 6) is -1.45. The maximum atomic E-state index is 13.8. The van der Waals surface area contributed by atoms with E-state index in [2.05, 4.69) is 21.2 Å². The van der Waals surface area contributed by atoms with E-state index in [-0.39, 0.29) is 12.1 Å². The standard InChI is InChI=1S/C11H11BrFNO2/c12-7-1-2-8(9(13)5-7)11(10(15)16)3-4-14-6-11/h1-2,5,14H,3-4,6H2,(H,15,16). The number of aliphatic carboxylic acids is 1. The average Bonchev–Trinajstić information content (AvgIpc) is 2.67. The van der Waals surface area contributed by atoms with Crippen molar-refractivity contribution in [1.82, 2.24) is 5.32 Å². The van der Waals surface area contributed by atoms with Gasteiger partial charge in [-0.2, -0.15) is 0 Å². The second-order valence-corrected chi connectivity index (χ2v) is 4.85. The number of carboxylic acid groups (broad SMARTS) is 1. The quantitative estimate of drug-likeness (QED) is 0.874. The van der Waals surface area contributed by atoms with Crippen LogP contribution in [0, 0.1) is 5.82 Å². The molecule has 1 fully saturated rings. The van der Waals surface area contributed by atoms with Crippen molar-refractivity contribution >= 4 is 21.9 Å². The number of hydrogen-bond acceptors (Lipinski definition) is 2. The van der Waals surface area contributed by atoms with E-state index in [1.807, 2.05) is 0 Å². The molecule has 3 nitrogen and oxygen atoms in total. The molecular weight excluding hydrogens is 277 g/mol. The molecule has 86 valence electrons. The first-order valence-corrected chi connectivity index (χ1v) is 5.75. The number of rotatable bonds is 2. The molecule has 0 aromatic heterocycles. The Morgan fingerprint density at radius 3 is 2.81 bits per heavy atom. The van der Waals surface area contributed by atoms with Crippen LogP contribution in [-0.2, 0) is 10.2 Å². The SMILES string of the molecule is O=C(O)C1(c2ccc(Br)cc2F)CCNC1. The fraction of sp³-hybridized carbons (Fsp3) is 0.364. The predicted molar refractivity (Wildman–Crippen MR) is 60.9 cm³/mol. The van der Waals surface area contributed by atoms with E-state index in [0.29, 0.717) is 17.4 Å². The van der Waals surface area contributed by atoms with Gasteiger partial charge in [0.25, 0.3) is 0 Å². The summed E-state index contributed by atoms with van der Waals surface area (Å²) in [4.78, 5) is 11.3. The summed E-state index contributed by atoms with van der Waals surface area (Å²) >= 11 is 3.16. The molecular formula is C11H11BrFNO2. The van der Waals surface area contributed by atoms with Gasteiger partial charge in [-0.25, -0.2) is 4.39 Å². The highest BCUT2D eigenvalue weighted by Crippen LogP contribution is 2.33. The lowest BCUT2D eigenvalue weighted by Crippen LogP contribution is -2.38. The molecule has 1 saturated heterocycles. The number of nitrogens with one attached hydrogen (secondary N) is 1. The number of halogens is 2. The van der Waals surface area contributed by atoms with E-state index < -0.39 is 17.2 Å². The van der Waals surface area contributed by atoms with Gasteiger partial charge in [0.1, 0.15) is 11.2 Å². The third kappa shape index (κ3) is 1.74. The highest BCUT2D eigenvalue weighted by molar-refractivity contribution is 9.10. The Morgan fingerprint density at radius 2 is 2.31 bits per heavy atom. The Morgan fingerprint density at radius 1 is 1.56 bits per heavy atom. The van der Waals surface area contributed by atoms with Crippen LogP contribution in [0.1, 0.15) is 12.0 Å². The third-order valence-electron chi connectivity index (χ3n) is 3.01. The highest BCUT2D eigenvalue weighted by atomic mass is 79.9. The predicted octanol–water partition coefficient (Wildman–Crippen LogP) is 1.90. The number of carbonyl (C=O) groups is 1. The van der Waals surface area contributed by atoms with Gasteiger partial charge in [0.2, 0.25) is 0 Å². The van der Waals surface area contributed by atoms with Crippen molar-refractivity contribution in [2.75, 3.05) is 13.1 Å². The van der Waals surface area contributed by atoms with Gasteiger partial charge in [0.05, 0.1) is 0 Å². The average molecular weight is 288 g/mol. The molecule has 1 aliphatic heterocycles. The van der Waals surface area contributed by atoms with Crippen molar-refractivity contribution in [1.29, 1.82) is 0 Å². The first kappa shape index (κ1) is 11.5. The zero-order valence-corrected chi connectivity index (χ0v) is 10.1. The molecule has 1 heterocycles. The molecule has 0 spiro atoms. The van der Waals surface area contributed by atoms with Gasteiger partial charge < -0.3 is 10.4 Å². The van der Waals surface area contributed by atoms with E-state index in [1.54, 1.807) is 12.1 Å². The first-order chi connectivity index (χ1) is 7.56. The van der Waals surface area contributed by atoms with Gasteiger partial charge in [0, 0.05) is 16.6 Å². The van der Waals surface area contributed by atoms with E-state index in [1.165, 1.54) is 6.07 Å². The highest BCUT2D eigenvalue weighted by Gasteiger charge is 2.44.